The van der Waals surface area contributed by atoms with E-state index in [1.54, 1.807) is 32.9 Å². The van der Waals surface area contributed by atoms with Crippen LogP contribution in [-0.4, -0.2) is 114 Å². The fourth-order valence-corrected chi connectivity index (χ4v) is 6.25. The van der Waals surface area contributed by atoms with E-state index in [9.17, 15) is 52.6 Å². The van der Waals surface area contributed by atoms with Crippen molar-refractivity contribution in [2.45, 2.75) is 65.1 Å². The number of methoxy groups -OCH3 is 2. The molecule has 64 heavy (non-hydrogen) atoms. The number of fused-ring (bicyclic) bond motifs is 2. The summed E-state index contributed by atoms with van der Waals surface area (Å²) in [5.74, 6) is -5.11. The number of rotatable bonds is 6. The highest BCUT2D eigenvalue weighted by molar-refractivity contribution is 6.29. The minimum atomic E-state index is -0.895. The molecule has 2 fully saturated rings. The first-order chi connectivity index (χ1) is 30.4. The molecule has 2 amide bonds. The number of likely N-dealkylation sites (tertiary alicyclic amines) is 1. The van der Waals surface area contributed by atoms with Gasteiger partial charge >= 0.3 is 18.0 Å². The zero-order valence-electron chi connectivity index (χ0n) is 35.3. The normalized spacial score (nSPS) is 14.0. The number of nitrogens with one attached hydrogen (secondary N) is 1. The van der Waals surface area contributed by atoms with Crippen LogP contribution in [0.25, 0.3) is 0 Å². The second kappa shape index (κ2) is 20.5. The zero-order chi connectivity index (χ0) is 46.9. The number of halogens is 2. The summed E-state index contributed by atoms with van der Waals surface area (Å²) in [7, 11) is 2.26. The fraction of sp³-hybridized carbons (Fsp3) is 0.326. The molecule has 3 N–H and O–H groups in total. The summed E-state index contributed by atoms with van der Waals surface area (Å²) >= 11 is 0. The van der Waals surface area contributed by atoms with Gasteiger partial charge in [0.2, 0.25) is 35.1 Å². The first kappa shape index (κ1) is 47.5. The van der Waals surface area contributed by atoms with Crippen LogP contribution in [0.1, 0.15) is 111 Å². The maximum absolute atomic E-state index is 13.0. The molecule has 0 atom stereocenters. The van der Waals surface area contributed by atoms with Gasteiger partial charge in [-0.3, -0.25) is 28.6 Å². The Kier molecular flexibility index (Phi) is 15.2. The van der Waals surface area contributed by atoms with Crippen LogP contribution in [-0.2, 0) is 41.6 Å². The van der Waals surface area contributed by atoms with Crippen molar-refractivity contribution < 1.29 is 71.5 Å². The molecule has 5 aromatic rings. The third kappa shape index (κ3) is 11.1. The van der Waals surface area contributed by atoms with E-state index < -0.39 is 52.8 Å². The standard InChI is InChI=1S/C16H10FN3O4.C12H16N2O6.C11H10FNO2.C4H8O/c17-8-3-1-7(2-4-8)5-20-15(23)9-10(16(20)24)14(22)12-11(13(9)21)18-6-19-12;1-12(2,3)20-11(17)14-6-13-7(9(15)18-4)8(14)10(16)19-5;12-9-3-1-8(2-4-9)7-13-10(14)5-6-11(13)15;1-2-4-5-3-1/h1-4,6,23-24H,5H2,(H,18,19);6H,1-5H3;1-4H,5-7H2;1-4H2. The highest BCUT2D eigenvalue weighted by Gasteiger charge is 2.40. The van der Waals surface area contributed by atoms with E-state index in [0.29, 0.717) is 18.4 Å². The summed E-state index contributed by atoms with van der Waals surface area (Å²) in [6.45, 7) is 7.22. The van der Waals surface area contributed by atoms with Crippen LogP contribution in [0.5, 0.6) is 11.8 Å². The average molecular weight is 891 g/mol. The maximum atomic E-state index is 13.0. The molecule has 0 saturated carbocycles. The number of hydrogen-bond acceptors (Lipinski definition) is 15. The lowest BCUT2D eigenvalue weighted by Crippen LogP contribution is -2.29. The van der Waals surface area contributed by atoms with Gasteiger partial charge in [0.25, 0.3) is 0 Å². The Morgan fingerprint density at radius 3 is 1.77 bits per heavy atom. The lowest BCUT2D eigenvalue weighted by Gasteiger charge is -2.19. The van der Waals surface area contributed by atoms with Crippen LogP contribution < -0.4 is 0 Å². The van der Waals surface area contributed by atoms with E-state index in [4.69, 9.17) is 9.47 Å². The molecule has 0 spiro atoms. The molecule has 3 aromatic heterocycles. The predicted octanol–water partition coefficient (Wildman–Crippen LogP) is 5.10. The Labute approximate surface area is 363 Å². The summed E-state index contributed by atoms with van der Waals surface area (Å²) in [5, 5.41) is 20.7. The third-order valence-electron chi connectivity index (χ3n) is 9.35. The van der Waals surface area contributed by atoms with Gasteiger partial charge in [0.05, 0.1) is 33.6 Å². The number of aromatic amines is 1. The highest BCUT2D eigenvalue weighted by Crippen LogP contribution is 2.40. The number of ether oxygens (including phenoxy) is 4. The number of carbonyl (C=O) groups is 7. The van der Waals surface area contributed by atoms with Crippen molar-refractivity contribution in [1.29, 1.82) is 0 Å². The summed E-state index contributed by atoms with van der Waals surface area (Å²) in [6.07, 6.45) is 4.50. The molecular formula is C43H44F2N6O13. The van der Waals surface area contributed by atoms with Crippen molar-refractivity contribution in [3.05, 3.63) is 118 Å². The van der Waals surface area contributed by atoms with Crippen molar-refractivity contribution in [2.75, 3.05) is 27.4 Å². The van der Waals surface area contributed by atoms with Crippen molar-refractivity contribution in [3.8, 4) is 11.8 Å². The molecule has 338 valence electrons. The van der Waals surface area contributed by atoms with Crippen molar-refractivity contribution in [2.24, 2.45) is 0 Å². The number of carbonyl (C=O) groups excluding carboxylic acids is 7. The van der Waals surface area contributed by atoms with Crippen molar-refractivity contribution in [1.82, 2.24) is 29.0 Å². The van der Waals surface area contributed by atoms with E-state index in [1.807, 2.05) is 0 Å². The lowest BCUT2D eigenvalue weighted by atomic mass is 9.93. The number of imide groups is 1. The Morgan fingerprint density at radius 2 is 1.28 bits per heavy atom. The number of hydrogen-bond donors (Lipinski definition) is 3. The van der Waals surface area contributed by atoms with Crippen LogP contribution in [0.15, 0.2) is 61.2 Å². The van der Waals surface area contributed by atoms with Gasteiger partial charge in [-0.05, 0) is 69.0 Å². The SMILES string of the molecule is C1CCOC1.COC(=O)c1ncn(C(=O)OC(C)(C)C)c1C(=O)OC.O=C1CCC(=O)N1Cc1ccc(F)cc1.O=C1c2nc[nH]c2C(=O)c2c1c(O)n(Cc1ccc(F)cc1)c2O. The number of imidazole rings is 2. The van der Waals surface area contributed by atoms with Gasteiger partial charge in [-0.25, -0.2) is 37.7 Å². The van der Waals surface area contributed by atoms with Gasteiger partial charge in [0.1, 0.15) is 46.1 Å². The number of H-pyrrole nitrogens is 1. The Hall–Kier alpha value is -7.55. The average Bonchev–Trinajstić information content (AvgIpc) is 4.13. The topological polar surface area (TPSA) is 252 Å². The summed E-state index contributed by atoms with van der Waals surface area (Å²) < 4.78 is 46.5. The van der Waals surface area contributed by atoms with Crippen LogP contribution in [0.3, 0.4) is 0 Å². The molecule has 8 rings (SSSR count). The van der Waals surface area contributed by atoms with E-state index in [2.05, 4.69) is 24.4 Å². The smallest absolute Gasteiger partial charge is 0.420 e. The van der Waals surface area contributed by atoms with Gasteiger partial charge in [0.15, 0.2) is 11.4 Å². The van der Waals surface area contributed by atoms with E-state index >= 15 is 0 Å². The summed E-state index contributed by atoms with van der Waals surface area (Å²) in [4.78, 5) is 93.9. The number of esters is 2. The van der Waals surface area contributed by atoms with Crippen molar-refractivity contribution in [3.63, 3.8) is 0 Å². The van der Waals surface area contributed by atoms with E-state index in [-0.39, 0.29) is 64.6 Å². The van der Waals surface area contributed by atoms with Gasteiger partial charge in [-0.15, -0.1) is 0 Å². The number of aromatic nitrogens is 5. The first-order valence-corrected chi connectivity index (χ1v) is 19.5. The van der Waals surface area contributed by atoms with Crippen LogP contribution in [0, 0.1) is 11.6 Å². The van der Waals surface area contributed by atoms with Crippen molar-refractivity contribution >= 4 is 41.4 Å². The lowest BCUT2D eigenvalue weighted by molar-refractivity contribution is -0.139. The molecular weight excluding hydrogens is 846 g/mol. The number of nitrogens with zero attached hydrogens (tertiary/aromatic N) is 5. The molecule has 1 aliphatic carbocycles. The Morgan fingerprint density at radius 1 is 0.766 bits per heavy atom. The molecule has 19 nitrogen and oxygen atoms in total. The highest BCUT2D eigenvalue weighted by atomic mass is 19.1. The molecule has 2 aromatic carbocycles. The maximum Gasteiger partial charge on any atom is 0.420 e. The summed E-state index contributed by atoms with van der Waals surface area (Å²) in [5.41, 5.74) is -0.746. The molecule has 0 bridgehead atoms. The van der Waals surface area contributed by atoms with Crippen LogP contribution >= 0.6 is 0 Å². The number of ketones is 2. The van der Waals surface area contributed by atoms with Crippen LogP contribution in [0.4, 0.5) is 13.6 Å². The Balaban J connectivity index is 0.000000175. The quantitative estimate of drug-likeness (QED) is 0.112. The monoisotopic (exact) mass is 890 g/mol. The fourth-order valence-electron chi connectivity index (χ4n) is 6.25. The van der Waals surface area contributed by atoms with E-state index in [0.717, 1.165) is 48.5 Å². The number of benzene rings is 2. The molecule has 0 unspecified atom stereocenters. The molecule has 0 radical (unpaired) electrons. The van der Waals surface area contributed by atoms with Gasteiger partial charge in [0, 0.05) is 26.1 Å². The molecule has 2 aliphatic heterocycles. The molecule has 2 saturated heterocycles. The first-order valence-electron chi connectivity index (χ1n) is 19.5. The summed E-state index contributed by atoms with van der Waals surface area (Å²) in [6, 6.07) is 11.2. The largest absolute Gasteiger partial charge is 0.494 e. The molecule has 5 heterocycles. The van der Waals surface area contributed by atoms with Gasteiger partial charge in [-0.1, -0.05) is 24.3 Å². The number of aromatic hydroxyl groups is 2. The predicted molar refractivity (Wildman–Crippen MR) is 216 cm³/mol. The van der Waals surface area contributed by atoms with Crippen LogP contribution in [0.2, 0.25) is 0 Å². The van der Waals surface area contributed by atoms with E-state index in [1.165, 1.54) is 60.5 Å². The molecule has 21 heteroatoms. The second-order valence-corrected chi connectivity index (χ2v) is 15.0. The van der Waals surface area contributed by atoms with Gasteiger partial charge < -0.3 is 34.1 Å². The third-order valence-corrected chi connectivity index (χ3v) is 9.35. The molecule has 3 aliphatic rings. The Bertz CT molecular complexity index is 2470. The van der Waals surface area contributed by atoms with Gasteiger partial charge in [-0.2, -0.15) is 0 Å². The minimum Gasteiger partial charge on any atom is -0.494 e. The number of amides is 2. The second-order valence-electron chi connectivity index (χ2n) is 15.0. The zero-order valence-corrected chi connectivity index (χ0v) is 35.3. The minimum absolute atomic E-state index is 0.0262.